The van der Waals surface area contributed by atoms with Gasteiger partial charge in [-0.05, 0) is 32.3 Å². The third-order valence-electron chi connectivity index (χ3n) is 4.59. The van der Waals surface area contributed by atoms with Gasteiger partial charge in [-0.2, -0.15) is 0 Å². The summed E-state index contributed by atoms with van der Waals surface area (Å²) < 4.78 is 19.4. The molecule has 5 heteroatoms. The molecule has 23 heavy (non-hydrogen) atoms. The highest BCUT2D eigenvalue weighted by atomic mass is 19.1. The molecule has 1 aliphatic rings. The van der Waals surface area contributed by atoms with Crippen molar-refractivity contribution in [3.63, 3.8) is 0 Å². The van der Waals surface area contributed by atoms with Crippen LogP contribution < -0.4 is 5.32 Å². The Balaban J connectivity index is 2.08. The lowest BCUT2D eigenvalue weighted by molar-refractivity contribution is -0.154. The molecule has 0 saturated heterocycles. The van der Waals surface area contributed by atoms with Gasteiger partial charge in [-0.1, -0.05) is 38.0 Å². The molecule has 0 aromatic heterocycles. The summed E-state index contributed by atoms with van der Waals surface area (Å²) in [5.41, 5.74) is -0.577. The molecule has 0 spiro atoms. The van der Waals surface area contributed by atoms with Gasteiger partial charge in [0.2, 0.25) is 0 Å². The molecule has 4 nitrogen and oxygen atoms in total. The summed E-state index contributed by atoms with van der Waals surface area (Å²) in [4.78, 5) is 24.4. The molecule has 1 N–H and O–H groups in total. The van der Waals surface area contributed by atoms with Crippen LogP contribution in [0.3, 0.4) is 0 Å². The van der Waals surface area contributed by atoms with Crippen LogP contribution in [0, 0.1) is 5.82 Å². The third kappa shape index (κ3) is 3.89. The van der Waals surface area contributed by atoms with E-state index in [0.29, 0.717) is 18.4 Å². The number of amides is 1. The number of carbonyl (C=O) groups excluding carboxylic acids is 2. The van der Waals surface area contributed by atoms with Gasteiger partial charge >= 0.3 is 5.97 Å². The van der Waals surface area contributed by atoms with Gasteiger partial charge in [-0.15, -0.1) is 0 Å². The van der Waals surface area contributed by atoms with Crippen LogP contribution in [-0.4, -0.2) is 24.5 Å². The first-order valence-electron chi connectivity index (χ1n) is 8.21. The van der Waals surface area contributed by atoms with Crippen LogP contribution in [0.15, 0.2) is 24.3 Å². The smallest absolute Gasteiger partial charge is 0.317 e. The molecule has 0 bridgehead atoms. The lowest BCUT2D eigenvalue weighted by Crippen LogP contribution is -2.40. The maximum Gasteiger partial charge on any atom is 0.317 e. The second kappa shape index (κ2) is 7.57. The Labute approximate surface area is 136 Å². The molecule has 2 rings (SSSR count). The molecule has 1 fully saturated rings. The van der Waals surface area contributed by atoms with E-state index in [4.69, 9.17) is 4.74 Å². The van der Waals surface area contributed by atoms with E-state index in [-0.39, 0.29) is 18.6 Å². The highest BCUT2D eigenvalue weighted by Gasteiger charge is 2.45. The van der Waals surface area contributed by atoms with Gasteiger partial charge in [-0.25, -0.2) is 4.39 Å². The van der Waals surface area contributed by atoms with E-state index in [1.54, 1.807) is 18.2 Å². The highest BCUT2D eigenvalue weighted by molar-refractivity contribution is 5.86. The predicted octanol–water partition coefficient (Wildman–Crippen LogP) is 3.10. The molecule has 1 aromatic carbocycles. The molecule has 1 aliphatic carbocycles. The molecule has 1 saturated carbocycles. The fourth-order valence-corrected chi connectivity index (χ4v) is 3.10. The monoisotopic (exact) mass is 321 g/mol. The number of rotatable bonds is 6. The number of halogens is 1. The van der Waals surface area contributed by atoms with Gasteiger partial charge in [0, 0.05) is 11.6 Å². The molecule has 0 unspecified atom stereocenters. The number of carbonyl (C=O) groups is 2. The van der Waals surface area contributed by atoms with Crippen LogP contribution in [-0.2, 0) is 19.7 Å². The minimum atomic E-state index is -0.956. The average Bonchev–Trinajstić information content (AvgIpc) is 3.03. The lowest BCUT2D eigenvalue weighted by atomic mass is 9.78. The number of ether oxygens (including phenoxy) is 1. The molecule has 126 valence electrons. The first-order valence-corrected chi connectivity index (χ1v) is 8.21. The van der Waals surface area contributed by atoms with Crippen molar-refractivity contribution in [3.8, 4) is 0 Å². The first-order chi connectivity index (χ1) is 11.0. The summed E-state index contributed by atoms with van der Waals surface area (Å²) >= 11 is 0. The Hall–Kier alpha value is -1.91. The van der Waals surface area contributed by atoms with Crippen molar-refractivity contribution in [1.82, 2.24) is 5.32 Å². The summed E-state index contributed by atoms with van der Waals surface area (Å²) in [5, 5.41) is 2.75. The molecule has 0 heterocycles. The summed E-state index contributed by atoms with van der Waals surface area (Å²) in [5.74, 6) is -1.22. The van der Waals surface area contributed by atoms with Gasteiger partial charge in [-0.3, -0.25) is 9.59 Å². The van der Waals surface area contributed by atoms with Crippen molar-refractivity contribution in [2.24, 2.45) is 0 Å². The summed E-state index contributed by atoms with van der Waals surface area (Å²) in [6.07, 6.45) is 3.61. The molecule has 0 radical (unpaired) electrons. The zero-order chi connectivity index (χ0) is 16.9. The average molecular weight is 321 g/mol. The van der Waals surface area contributed by atoms with E-state index < -0.39 is 17.2 Å². The summed E-state index contributed by atoms with van der Waals surface area (Å²) in [6.45, 7) is 3.53. The second-order valence-corrected chi connectivity index (χ2v) is 6.22. The minimum absolute atomic E-state index is 0.0354. The van der Waals surface area contributed by atoms with Crippen LogP contribution in [0.2, 0.25) is 0 Å². The quantitative estimate of drug-likeness (QED) is 0.819. The van der Waals surface area contributed by atoms with Gasteiger partial charge in [0.05, 0.1) is 5.41 Å². The van der Waals surface area contributed by atoms with Crippen LogP contribution in [0.5, 0.6) is 0 Å². The number of hydrogen-bond donors (Lipinski definition) is 1. The Bertz CT molecular complexity index is 567. The Kier molecular flexibility index (Phi) is 5.74. The van der Waals surface area contributed by atoms with E-state index in [2.05, 4.69) is 5.32 Å². The van der Waals surface area contributed by atoms with Crippen LogP contribution in [0.4, 0.5) is 4.39 Å². The van der Waals surface area contributed by atoms with Gasteiger partial charge in [0.25, 0.3) is 5.91 Å². The van der Waals surface area contributed by atoms with E-state index >= 15 is 0 Å². The molecular weight excluding hydrogens is 297 g/mol. The summed E-state index contributed by atoms with van der Waals surface area (Å²) in [6, 6.07) is 6.36. The molecule has 0 aliphatic heterocycles. The first kappa shape index (κ1) is 17.4. The van der Waals surface area contributed by atoms with Gasteiger partial charge < -0.3 is 10.1 Å². The fourth-order valence-electron chi connectivity index (χ4n) is 3.10. The Morgan fingerprint density at radius 1 is 1.30 bits per heavy atom. The largest absolute Gasteiger partial charge is 0.455 e. The standard InChI is InChI=1S/C18H24FNO3/c1-3-13(2)20-16(21)12-23-17(22)18(10-6-7-11-18)14-8-4-5-9-15(14)19/h4-5,8-9,13H,3,6-7,10-12H2,1-2H3,(H,20,21)/t13-/m1/s1. The topological polar surface area (TPSA) is 55.4 Å². The fraction of sp³-hybridized carbons (Fsp3) is 0.556. The van der Waals surface area contributed by atoms with E-state index in [1.165, 1.54) is 6.07 Å². The molecule has 1 atom stereocenters. The zero-order valence-corrected chi connectivity index (χ0v) is 13.7. The molecule has 1 aromatic rings. The normalized spacial score (nSPS) is 17.5. The van der Waals surface area contributed by atoms with Crippen molar-refractivity contribution in [3.05, 3.63) is 35.6 Å². The minimum Gasteiger partial charge on any atom is -0.455 e. The van der Waals surface area contributed by atoms with Crippen molar-refractivity contribution in [2.45, 2.75) is 57.4 Å². The maximum atomic E-state index is 14.2. The number of benzene rings is 1. The van der Waals surface area contributed by atoms with E-state index in [1.807, 2.05) is 13.8 Å². The summed E-state index contributed by atoms with van der Waals surface area (Å²) in [7, 11) is 0. The maximum absolute atomic E-state index is 14.2. The van der Waals surface area contributed by atoms with Crippen LogP contribution >= 0.6 is 0 Å². The Morgan fingerprint density at radius 3 is 2.57 bits per heavy atom. The Morgan fingerprint density at radius 2 is 1.96 bits per heavy atom. The zero-order valence-electron chi connectivity index (χ0n) is 13.7. The number of hydrogen-bond acceptors (Lipinski definition) is 3. The second-order valence-electron chi connectivity index (χ2n) is 6.22. The van der Waals surface area contributed by atoms with Crippen LogP contribution in [0.1, 0.15) is 51.5 Å². The van der Waals surface area contributed by atoms with Gasteiger partial charge in [0.1, 0.15) is 5.82 Å². The van der Waals surface area contributed by atoms with Crippen molar-refractivity contribution in [1.29, 1.82) is 0 Å². The van der Waals surface area contributed by atoms with E-state index in [9.17, 15) is 14.0 Å². The molecular formula is C18H24FNO3. The molecule has 1 amide bonds. The van der Waals surface area contributed by atoms with Crippen molar-refractivity contribution < 1.29 is 18.7 Å². The van der Waals surface area contributed by atoms with Crippen molar-refractivity contribution in [2.75, 3.05) is 6.61 Å². The van der Waals surface area contributed by atoms with Gasteiger partial charge in [0.15, 0.2) is 6.61 Å². The number of esters is 1. The van der Waals surface area contributed by atoms with Crippen molar-refractivity contribution >= 4 is 11.9 Å². The van der Waals surface area contributed by atoms with Crippen LogP contribution in [0.25, 0.3) is 0 Å². The highest BCUT2D eigenvalue weighted by Crippen LogP contribution is 2.43. The third-order valence-corrected chi connectivity index (χ3v) is 4.59. The van der Waals surface area contributed by atoms with E-state index in [0.717, 1.165) is 19.3 Å². The predicted molar refractivity (Wildman–Crippen MR) is 85.4 cm³/mol. The lowest BCUT2D eigenvalue weighted by Gasteiger charge is -2.27. The SMILES string of the molecule is CC[C@@H](C)NC(=O)COC(=O)C1(c2ccccc2F)CCCC1. The number of nitrogens with one attached hydrogen (secondary N) is 1.